The standard InChI is InChI=1S/C3H4B2N2O4/c4-10-2(8)6-1-7-3(9)11-5/h1H2,(H,6,8)(H,7,9). The number of rotatable bonds is 2. The zero-order valence-electron chi connectivity index (χ0n) is 5.49. The van der Waals surface area contributed by atoms with Crippen molar-refractivity contribution in [1.82, 2.24) is 10.6 Å². The van der Waals surface area contributed by atoms with E-state index in [2.05, 4.69) is 25.4 Å². The first-order valence-corrected chi connectivity index (χ1v) is 2.50. The van der Waals surface area contributed by atoms with Crippen LogP contribution in [0, 0.1) is 0 Å². The van der Waals surface area contributed by atoms with E-state index in [9.17, 15) is 9.59 Å². The monoisotopic (exact) mass is 154 g/mol. The second-order valence-electron chi connectivity index (χ2n) is 1.34. The van der Waals surface area contributed by atoms with Crippen molar-refractivity contribution < 1.29 is 18.9 Å². The van der Waals surface area contributed by atoms with E-state index in [1.165, 1.54) is 0 Å². The molecule has 56 valence electrons. The molecule has 0 spiro atoms. The van der Waals surface area contributed by atoms with Crippen molar-refractivity contribution in [2.45, 2.75) is 0 Å². The van der Waals surface area contributed by atoms with Gasteiger partial charge < -0.3 is 19.9 Å². The molecule has 0 fully saturated rings. The largest absolute Gasteiger partial charge is 0.528 e. The lowest BCUT2D eigenvalue weighted by Crippen LogP contribution is -2.37. The second-order valence-corrected chi connectivity index (χ2v) is 1.34. The Bertz CT molecular complexity index is 136. The normalized spacial score (nSPS) is 8.00. The van der Waals surface area contributed by atoms with E-state index in [-0.39, 0.29) is 6.67 Å². The van der Waals surface area contributed by atoms with E-state index in [0.717, 1.165) is 0 Å². The van der Waals surface area contributed by atoms with Crippen LogP contribution in [0.25, 0.3) is 0 Å². The van der Waals surface area contributed by atoms with Crippen LogP contribution in [0.5, 0.6) is 0 Å². The first kappa shape index (κ1) is 9.67. The van der Waals surface area contributed by atoms with Crippen LogP contribution in [0.4, 0.5) is 9.59 Å². The minimum atomic E-state index is -0.873. The predicted octanol–water partition coefficient (Wildman–Crippen LogP) is -1.44. The van der Waals surface area contributed by atoms with E-state index < -0.39 is 12.2 Å². The summed E-state index contributed by atoms with van der Waals surface area (Å²) in [6.07, 6.45) is -1.75. The summed E-state index contributed by atoms with van der Waals surface area (Å²) in [7, 11) is 8.88. The highest BCUT2D eigenvalue weighted by molar-refractivity contribution is 6.05. The molecule has 6 nitrogen and oxygen atoms in total. The lowest BCUT2D eigenvalue weighted by Gasteiger charge is -2.04. The lowest BCUT2D eigenvalue weighted by molar-refractivity contribution is 0.196. The van der Waals surface area contributed by atoms with Crippen molar-refractivity contribution in [3.63, 3.8) is 0 Å². The van der Waals surface area contributed by atoms with Crippen LogP contribution in [0.15, 0.2) is 0 Å². The van der Waals surface area contributed by atoms with Gasteiger partial charge in [-0.2, -0.15) is 0 Å². The quantitative estimate of drug-likeness (QED) is 0.377. The van der Waals surface area contributed by atoms with Gasteiger partial charge in [-0.1, -0.05) is 0 Å². The number of carbonyl (C=O) groups is 2. The molecule has 0 saturated carbocycles. The van der Waals surface area contributed by atoms with Gasteiger partial charge >= 0.3 is 28.3 Å². The Morgan fingerprint density at radius 3 is 1.73 bits per heavy atom. The fourth-order valence-electron chi connectivity index (χ4n) is 0.272. The molecular weight excluding hydrogens is 150 g/mol. The summed E-state index contributed by atoms with van der Waals surface area (Å²) < 4.78 is 7.38. The van der Waals surface area contributed by atoms with Gasteiger partial charge in [-0.25, -0.2) is 9.59 Å². The zero-order chi connectivity index (χ0) is 8.69. The zero-order valence-corrected chi connectivity index (χ0v) is 5.49. The molecular formula is C3H4B2N2O4. The summed E-state index contributed by atoms with van der Waals surface area (Å²) in [6.45, 7) is -0.175. The molecule has 0 atom stereocenters. The molecule has 0 aliphatic heterocycles. The van der Waals surface area contributed by atoms with Gasteiger partial charge in [0.1, 0.15) is 0 Å². The maximum absolute atomic E-state index is 10.2. The Morgan fingerprint density at radius 2 is 1.45 bits per heavy atom. The fraction of sp³-hybridized carbons (Fsp3) is 0.333. The third-order valence-corrected chi connectivity index (χ3v) is 0.680. The van der Waals surface area contributed by atoms with Gasteiger partial charge in [0.25, 0.3) is 0 Å². The summed E-state index contributed by atoms with van der Waals surface area (Å²) >= 11 is 0. The van der Waals surface area contributed by atoms with Gasteiger partial charge in [-0.05, 0) is 0 Å². The first-order valence-electron chi connectivity index (χ1n) is 2.50. The summed E-state index contributed by atoms with van der Waals surface area (Å²) in [5, 5.41) is 4.09. The number of amides is 2. The highest BCUT2D eigenvalue weighted by Gasteiger charge is 1.98. The fourth-order valence-corrected chi connectivity index (χ4v) is 0.272. The molecule has 0 rings (SSSR count). The van der Waals surface area contributed by atoms with E-state index in [1.807, 2.05) is 10.6 Å². The molecule has 0 unspecified atom stereocenters. The Hall–Kier alpha value is -1.33. The maximum Gasteiger partial charge on any atom is 0.389 e. The Balaban J connectivity index is 3.27. The van der Waals surface area contributed by atoms with Crippen molar-refractivity contribution in [1.29, 1.82) is 0 Å². The predicted molar refractivity (Wildman–Crippen MR) is 35.6 cm³/mol. The minimum Gasteiger partial charge on any atom is -0.528 e. The van der Waals surface area contributed by atoms with Crippen LogP contribution < -0.4 is 10.6 Å². The average Bonchev–Trinajstić information content (AvgIpc) is 2.04. The molecule has 4 radical (unpaired) electrons. The van der Waals surface area contributed by atoms with E-state index in [0.29, 0.717) is 0 Å². The van der Waals surface area contributed by atoms with Gasteiger partial charge in [0.05, 0.1) is 6.67 Å². The van der Waals surface area contributed by atoms with Crippen molar-refractivity contribution in [2.24, 2.45) is 0 Å². The molecule has 0 saturated heterocycles. The van der Waals surface area contributed by atoms with E-state index in [4.69, 9.17) is 0 Å². The minimum absolute atomic E-state index is 0.175. The Morgan fingerprint density at radius 1 is 1.09 bits per heavy atom. The summed E-state index contributed by atoms with van der Waals surface area (Å²) in [6, 6.07) is 0. The van der Waals surface area contributed by atoms with Gasteiger partial charge in [-0.3, -0.25) is 0 Å². The van der Waals surface area contributed by atoms with Crippen molar-refractivity contribution in [3.05, 3.63) is 0 Å². The van der Waals surface area contributed by atoms with Crippen LogP contribution in [0.3, 0.4) is 0 Å². The highest BCUT2D eigenvalue weighted by atomic mass is 16.5. The topological polar surface area (TPSA) is 76.7 Å². The number of nitrogens with one attached hydrogen (secondary N) is 2. The molecule has 2 amide bonds. The van der Waals surface area contributed by atoms with Crippen LogP contribution >= 0.6 is 0 Å². The third-order valence-electron chi connectivity index (χ3n) is 0.680. The van der Waals surface area contributed by atoms with Gasteiger partial charge in [0.2, 0.25) is 0 Å². The average molecular weight is 154 g/mol. The smallest absolute Gasteiger partial charge is 0.389 e. The highest BCUT2D eigenvalue weighted by Crippen LogP contribution is 1.69. The van der Waals surface area contributed by atoms with E-state index >= 15 is 0 Å². The SMILES string of the molecule is [B]OC(=O)NCNC(=O)O[B]. The Labute approximate surface area is 65.5 Å². The number of hydrogen-bond donors (Lipinski definition) is 2. The molecule has 0 aromatic heterocycles. The summed E-state index contributed by atoms with van der Waals surface area (Å²) in [5.74, 6) is 0. The van der Waals surface area contributed by atoms with Crippen LogP contribution in [-0.4, -0.2) is 35.0 Å². The number of carbonyl (C=O) groups excluding carboxylic acids is 2. The van der Waals surface area contributed by atoms with Gasteiger partial charge in [0.15, 0.2) is 0 Å². The molecule has 2 N–H and O–H groups in total. The van der Waals surface area contributed by atoms with Crippen LogP contribution in [0.2, 0.25) is 0 Å². The molecule has 0 aromatic rings. The molecule has 0 heterocycles. The maximum atomic E-state index is 10.2. The third kappa shape index (κ3) is 5.13. The Kier molecular flexibility index (Phi) is 4.79. The van der Waals surface area contributed by atoms with Crippen molar-refractivity contribution in [3.8, 4) is 0 Å². The van der Waals surface area contributed by atoms with Crippen LogP contribution in [0.1, 0.15) is 0 Å². The van der Waals surface area contributed by atoms with Gasteiger partial charge in [0, 0.05) is 0 Å². The lowest BCUT2D eigenvalue weighted by atomic mass is 10.6. The summed E-state index contributed by atoms with van der Waals surface area (Å²) in [4.78, 5) is 20.4. The second kappa shape index (κ2) is 5.45. The molecule has 0 aliphatic carbocycles. The van der Waals surface area contributed by atoms with Crippen LogP contribution in [-0.2, 0) is 9.31 Å². The summed E-state index contributed by atoms with van der Waals surface area (Å²) in [5.41, 5.74) is 0. The molecule has 11 heavy (non-hydrogen) atoms. The molecule has 8 heteroatoms. The molecule has 0 aromatic carbocycles. The van der Waals surface area contributed by atoms with Crippen molar-refractivity contribution >= 4 is 28.3 Å². The van der Waals surface area contributed by atoms with Crippen molar-refractivity contribution in [2.75, 3.05) is 6.67 Å². The van der Waals surface area contributed by atoms with E-state index in [1.54, 1.807) is 0 Å². The molecule has 0 bridgehead atoms. The molecule has 0 aliphatic rings. The number of hydrogen-bond acceptors (Lipinski definition) is 4. The van der Waals surface area contributed by atoms with Gasteiger partial charge in [-0.15, -0.1) is 0 Å². The first-order chi connectivity index (χ1) is 5.20.